The van der Waals surface area contributed by atoms with E-state index in [9.17, 15) is 13.2 Å². The van der Waals surface area contributed by atoms with Gasteiger partial charge >= 0.3 is 5.97 Å². The lowest BCUT2D eigenvalue weighted by atomic mass is 10.2. The first-order valence-electron chi connectivity index (χ1n) is 6.08. The number of hydrogen-bond donors (Lipinski definition) is 1. The molecule has 17 heavy (non-hydrogen) atoms. The van der Waals surface area contributed by atoms with Crippen molar-refractivity contribution in [3.63, 3.8) is 0 Å². The van der Waals surface area contributed by atoms with Gasteiger partial charge in [-0.2, -0.15) is 0 Å². The van der Waals surface area contributed by atoms with Crippen LogP contribution < -0.4 is 5.32 Å². The third-order valence-electron chi connectivity index (χ3n) is 2.73. The minimum atomic E-state index is -3.37. The zero-order valence-corrected chi connectivity index (χ0v) is 11.3. The number of hydrogen-bond acceptors (Lipinski definition) is 5. The van der Waals surface area contributed by atoms with Gasteiger partial charge in [-0.1, -0.05) is 6.92 Å². The van der Waals surface area contributed by atoms with Crippen LogP contribution in [0, 0.1) is 5.92 Å². The van der Waals surface area contributed by atoms with E-state index in [1.54, 1.807) is 6.92 Å². The highest BCUT2D eigenvalue weighted by Gasteiger charge is 2.34. The van der Waals surface area contributed by atoms with Crippen LogP contribution in [0.25, 0.3) is 0 Å². The van der Waals surface area contributed by atoms with Gasteiger partial charge in [-0.15, -0.1) is 0 Å². The summed E-state index contributed by atoms with van der Waals surface area (Å²) in [6.45, 7) is 4.58. The zero-order chi connectivity index (χ0) is 12.9. The average molecular weight is 263 g/mol. The fourth-order valence-electron chi connectivity index (χ4n) is 1.84. The second-order valence-electron chi connectivity index (χ2n) is 4.36. The maximum absolute atomic E-state index is 11.8. The molecule has 0 amide bonds. The van der Waals surface area contributed by atoms with Crippen LogP contribution in [0.3, 0.4) is 0 Å². The molecule has 1 aliphatic carbocycles. The Hall–Kier alpha value is -0.620. The van der Waals surface area contributed by atoms with E-state index >= 15 is 0 Å². The lowest BCUT2D eigenvalue weighted by Crippen LogP contribution is -2.39. The van der Waals surface area contributed by atoms with Gasteiger partial charge in [-0.05, 0) is 32.2 Å². The van der Waals surface area contributed by atoms with Crippen molar-refractivity contribution in [3.8, 4) is 0 Å². The van der Waals surface area contributed by atoms with Crippen LogP contribution in [0.4, 0.5) is 0 Å². The summed E-state index contributed by atoms with van der Waals surface area (Å²) in [5.41, 5.74) is 0. The monoisotopic (exact) mass is 263 g/mol. The first-order valence-corrected chi connectivity index (χ1v) is 7.90. The minimum absolute atomic E-state index is 0.0144. The molecule has 5 nitrogen and oxygen atoms in total. The Morgan fingerprint density at radius 3 is 2.53 bits per heavy atom. The van der Waals surface area contributed by atoms with Gasteiger partial charge < -0.3 is 10.1 Å². The average Bonchev–Trinajstić information content (AvgIpc) is 2.98. The van der Waals surface area contributed by atoms with Crippen LogP contribution in [-0.2, 0) is 19.4 Å². The van der Waals surface area contributed by atoms with Crippen LogP contribution in [0.15, 0.2) is 0 Å². The van der Waals surface area contributed by atoms with Crippen molar-refractivity contribution in [2.45, 2.75) is 32.7 Å². The standard InChI is InChI=1S/C11H21NO4S/c1-3-12-10(9-5-6-9)7-17(14,15)8-11(13)16-4-2/h9-10,12H,3-8H2,1-2H3. The SMILES string of the molecule is CCNC(CS(=O)(=O)CC(=O)OCC)C1CC1. The second-order valence-corrected chi connectivity index (χ2v) is 6.47. The maximum atomic E-state index is 11.8. The predicted octanol–water partition coefficient (Wildman–Crippen LogP) is 0.352. The van der Waals surface area contributed by atoms with Gasteiger partial charge in [0, 0.05) is 6.04 Å². The van der Waals surface area contributed by atoms with Crippen LogP contribution in [0.1, 0.15) is 26.7 Å². The molecule has 1 rings (SSSR count). The Labute approximate surface area is 103 Å². The molecule has 0 aliphatic heterocycles. The van der Waals surface area contributed by atoms with Gasteiger partial charge in [0.2, 0.25) is 0 Å². The van der Waals surface area contributed by atoms with Crippen LogP contribution in [0.5, 0.6) is 0 Å². The summed E-state index contributed by atoms with van der Waals surface area (Å²) in [5, 5.41) is 3.17. The van der Waals surface area contributed by atoms with Crippen LogP contribution >= 0.6 is 0 Å². The summed E-state index contributed by atoms with van der Waals surface area (Å²) in [4.78, 5) is 11.2. The topological polar surface area (TPSA) is 72.5 Å². The Bertz CT molecular complexity index is 348. The lowest BCUT2D eigenvalue weighted by Gasteiger charge is -2.16. The van der Waals surface area contributed by atoms with Crippen LogP contribution in [0.2, 0.25) is 0 Å². The van der Waals surface area contributed by atoms with E-state index in [2.05, 4.69) is 10.1 Å². The molecule has 1 atom stereocenters. The third kappa shape index (κ3) is 5.50. The molecular formula is C11H21NO4S. The first kappa shape index (κ1) is 14.4. The molecule has 1 aliphatic rings. The predicted molar refractivity (Wildman–Crippen MR) is 65.5 cm³/mol. The van der Waals surface area contributed by atoms with E-state index in [4.69, 9.17) is 0 Å². The summed E-state index contributed by atoms with van der Waals surface area (Å²) in [7, 11) is -3.37. The van der Waals surface area contributed by atoms with Crippen molar-refractivity contribution in [1.82, 2.24) is 5.32 Å². The van der Waals surface area contributed by atoms with Crippen molar-refractivity contribution in [1.29, 1.82) is 0 Å². The van der Waals surface area contributed by atoms with Gasteiger partial charge in [-0.3, -0.25) is 4.79 Å². The Morgan fingerprint density at radius 2 is 2.06 bits per heavy atom. The van der Waals surface area contributed by atoms with Gasteiger partial charge in [0.05, 0.1) is 12.4 Å². The Balaban J connectivity index is 2.48. The van der Waals surface area contributed by atoms with E-state index in [0.717, 1.165) is 19.4 Å². The van der Waals surface area contributed by atoms with E-state index in [0.29, 0.717) is 5.92 Å². The highest BCUT2D eigenvalue weighted by Crippen LogP contribution is 2.33. The molecule has 0 bridgehead atoms. The number of carbonyl (C=O) groups excluding carboxylic acids is 1. The smallest absolute Gasteiger partial charge is 0.321 e. The minimum Gasteiger partial charge on any atom is -0.465 e. The van der Waals surface area contributed by atoms with Crippen molar-refractivity contribution in [3.05, 3.63) is 0 Å². The van der Waals surface area contributed by atoms with Crippen molar-refractivity contribution in [2.24, 2.45) is 5.92 Å². The van der Waals surface area contributed by atoms with E-state index < -0.39 is 21.6 Å². The molecule has 1 fully saturated rings. The molecule has 0 aromatic rings. The molecule has 1 saturated carbocycles. The third-order valence-corrected chi connectivity index (χ3v) is 4.28. The Kier molecular flexibility index (Phi) is 5.39. The number of rotatable bonds is 8. The van der Waals surface area contributed by atoms with Crippen molar-refractivity contribution in [2.75, 3.05) is 24.7 Å². The summed E-state index contributed by atoms with van der Waals surface area (Å²) < 4.78 is 28.2. The molecule has 100 valence electrons. The maximum Gasteiger partial charge on any atom is 0.321 e. The summed E-state index contributed by atoms with van der Waals surface area (Å²) in [6.07, 6.45) is 2.15. The molecule has 6 heteroatoms. The number of sulfone groups is 1. The molecule has 1 unspecified atom stereocenters. The molecule has 0 heterocycles. The summed E-state index contributed by atoms with van der Waals surface area (Å²) >= 11 is 0. The van der Waals surface area contributed by atoms with E-state index in [1.165, 1.54) is 0 Å². The molecule has 0 aromatic heterocycles. The normalized spacial score (nSPS) is 17.8. The Morgan fingerprint density at radius 1 is 1.41 bits per heavy atom. The van der Waals surface area contributed by atoms with Gasteiger partial charge in [0.25, 0.3) is 0 Å². The lowest BCUT2D eigenvalue weighted by molar-refractivity contribution is -0.139. The summed E-state index contributed by atoms with van der Waals surface area (Å²) in [6, 6.07) is -0.0144. The number of nitrogens with one attached hydrogen (secondary N) is 1. The highest BCUT2D eigenvalue weighted by molar-refractivity contribution is 7.92. The second kappa shape index (κ2) is 6.35. The van der Waals surface area contributed by atoms with E-state index in [-0.39, 0.29) is 18.4 Å². The van der Waals surface area contributed by atoms with Crippen molar-refractivity contribution < 1.29 is 17.9 Å². The number of ether oxygens (including phenoxy) is 1. The highest BCUT2D eigenvalue weighted by atomic mass is 32.2. The molecule has 1 N–H and O–H groups in total. The largest absolute Gasteiger partial charge is 0.465 e. The molecule has 0 spiro atoms. The first-order chi connectivity index (χ1) is 7.98. The van der Waals surface area contributed by atoms with Gasteiger partial charge in [0.15, 0.2) is 9.84 Å². The van der Waals surface area contributed by atoms with Crippen molar-refractivity contribution >= 4 is 15.8 Å². The van der Waals surface area contributed by atoms with Gasteiger partial charge in [0.1, 0.15) is 5.75 Å². The fraction of sp³-hybridized carbons (Fsp3) is 0.909. The molecule has 0 aromatic carbocycles. The quantitative estimate of drug-likeness (QED) is 0.640. The van der Waals surface area contributed by atoms with Crippen LogP contribution in [-0.4, -0.2) is 45.1 Å². The summed E-state index contributed by atoms with van der Waals surface area (Å²) in [5.74, 6) is -0.676. The number of carbonyl (C=O) groups is 1. The molecule has 0 saturated heterocycles. The zero-order valence-electron chi connectivity index (χ0n) is 10.4. The molecular weight excluding hydrogens is 242 g/mol. The van der Waals surface area contributed by atoms with Gasteiger partial charge in [-0.25, -0.2) is 8.42 Å². The fourth-order valence-corrected chi connectivity index (χ4v) is 3.33. The van der Waals surface area contributed by atoms with E-state index in [1.807, 2.05) is 6.92 Å². The number of esters is 1. The molecule has 0 radical (unpaired) electrons.